The first-order chi connectivity index (χ1) is 12.9. The zero-order chi connectivity index (χ0) is 19.6. The van der Waals surface area contributed by atoms with Gasteiger partial charge in [0, 0.05) is 35.3 Å². The first-order valence-corrected chi connectivity index (χ1v) is 9.01. The Balaban J connectivity index is 1.83. The van der Waals surface area contributed by atoms with Crippen molar-refractivity contribution < 1.29 is 9.72 Å². The summed E-state index contributed by atoms with van der Waals surface area (Å²) >= 11 is 1.54. The monoisotopic (exact) mass is 382 g/mol. The molecule has 0 spiro atoms. The third kappa shape index (κ3) is 4.01. The minimum atomic E-state index is -0.494. The Labute approximate surface area is 160 Å². The number of nitrogens with zero attached hydrogens (tertiary/aromatic N) is 3. The highest BCUT2D eigenvalue weighted by atomic mass is 32.2. The predicted molar refractivity (Wildman–Crippen MR) is 104 cm³/mol. The second-order valence-corrected chi connectivity index (χ2v) is 7.03. The van der Waals surface area contributed by atoms with E-state index in [-0.39, 0.29) is 11.6 Å². The van der Waals surface area contributed by atoms with E-state index < -0.39 is 4.92 Å². The van der Waals surface area contributed by atoms with Gasteiger partial charge < -0.3 is 5.32 Å². The third-order valence-electron chi connectivity index (χ3n) is 4.13. The normalized spacial score (nSPS) is 10.6. The number of hydrogen-bond donors (Lipinski definition) is 1. The lowest BCUT2D eigenvalue weighted by molar-refractivity contribution is -0.384. The molecule has 8 heteroatoms. The summed E-state index contributed by atoms with van der Waals surface area (Å²) < 4.78 is 1.83. The number of amides is 1. The van der Waals surface area contributed by atoms with Crippen LogP contribution in [0.1, 0.15) is 21.7 Å². The van der Waals surface area contributed by atoms with Crippen molar-refractivity contribution in [3.63, 3.8) is 0 Å². The van der Waals surface area contributed by atoms with Crippen molar-refractivity contribution in [3.05, 3.63) is 75.6 Å². The van der Waals surface area contributed by atoms with Crippen LogP contribution >= 0.6 is 11.8 Å². The Hall–Kier alpha value is -3.13. The molecular formula is C19H18N4O3S. The number of carbonyl (C=O) groups excluding carboxylic acids is 1. The van der Waals surface area contributed by atoms with Crippen molar-refractivity contribution >= 4 is 29.0 Å². The standard InChI is InChI=1S/C19H18N4O3S/c1-12-18(13(2)22(3)21-12)27-17-7-5-4-6-16(17)20-19(24)14-8-10-15(11-9-14)23(25)26/h4-11H,1-3H3,(H,20,24). The molecule has 27 heavy (non-hydrogen) atoms. The molecule has 1 N–H and O–H groups in total. The number of benzene rings is 2. The van der Waals surface area contributed by atoms with Gasteiger partial charge in [0.25, 0.3) is 11.6 Å². The Kier molecular flexibility index (Phi) is 5.27. The van der Waals surface area contributed by atoms with Crippen LogP contribution in [0.3, 0.4) is 0 Å². The minimum absolute atomic E-state index is 0.0509. The maximum absolute atomic E-state index is 12.5. The Morgan fingerprint density at radius 3 is 2.41 bits per heavy atom. The molecule has 3 rings (SSSR count). The molecule has 0 saturated heterocycles. The fourth-order valence-corrected chi connectivity index (χ4v) is 3.66. The van der Waals surface area contributed by atoms with Crippen molar-refractivity contribution in [1.29, 1.82) is 0 Å². The maximum atomic E-state index is 12.5. The van der Waals surface area contributed by atoms with Gasteiger partial charge in [0.15, 0.2) is 0 Å². The molecule has 0 aliphatic heterocycles. The molecule has 1 aromatic heterocycles. The Bertz CT molecular complexity index is 1010. The molecule has 0 atom stereocenters. The number of anilines is 1. The molecule has 0 saturated carbocycles. The topological polar surface area (TPSA) is 90.1 Å². The lowest BCUT2D eigenvalue weighted by atomic mass is 10.2. The second-order valence-electron chi connectivity index (χ2n) is 5.98. The number of non-ortho nitro benzene ring substituents is 1. The van der Waals surface area contributed by atoms with E-state index in [1.165, 1.54) is 24.3 Å². The first kappa shape index (κ1) is 18.7. The van der Waals surface area contributed by atoms with Crippen molar-refractivity contribution in [2.75, 3.05) is 5.32 Å². The van der Waals surface area contributed by atoms with Crippen LogP contribution in [0, 0.1) is 24.0 Å². The molecule has 7 nitrogen and oxygen atoms in total. The minimum Gasteiger partial charge on any atom is -0.321 e. The number of nitro benzene ring substituents is 1. The summed E-state index contributed by atoms with van der Waals surface area (Å²) in [5, 5.41) is 18.0. The lowest BCUT2D eigenvalue weighted by Gasteiger charge is -2.11. The number of para-hydroxylation sites is 1. The number of aromatic nitrogens is 2. The van der Waals surface area contributed by atoms with E-state index in [0.29, 0.717) is 11.3 Å². The van der Waals surface area contributed by atoms with Gasteiger partial charge in [0.05, 0.1) is 21.2 Å². The van der Waals surface area contributed by atoms with Crippen LogP contribution in [-0.4, -0.2) is 20.6 Å². The molecular weight excluding hydrogens is 364 g/mol. The SMILES string of the molecule is Cc1nn(C)c(C)c1Sc1ccccc1NC(=O)c1ccc([N+](=O)[O-])cc1. The Morgan fingerprint density at radius 1 is 1.15 bits per heavy atom. The molecule has 138 valence electrons. The van der Waals surface area contributed by atoms with Crippen LogP contribution in [0.4, 0.5) is 11.4 Å². The highest BCUT2D eigenvalue weighted by molar-refractivity contribution is 7.99. The summed E-state index contributed by atoms with van der Waals surface area (Å²) in [5.74, 6) is -0.322. The summed E-state index contributed by atoms with van der Waals surface area (Å²) in [4.78, 5) is 24.7. The van der Waals surface area contributed by atoms with Crippen LogP contribution in [0.5, 0.6) is 0 Å². The van der Waals surface area contributed by atoms with E-state index >= 15 is 0 Å². The quantitative estimate of drug-likeness (QED) is 0.523. The van der Waals surface area contributed by atoms with Gasteiger partial charge in [0.1, 0.15) is 0 Å². The fourth-order valence-electron chi connectivity index (χ4n) is 2.60. The highest BCUT2D eigenvalue weighted by Gasteiger charge is 2.15. The molecule has 0 radical (unpaired) electrons. The molecule has 0 aliphatic carbocycles. The third-order valence-corrected chi connectivity index (χ3v) is 5.50. The molecule has 0 unspecified atom stereocenters. The maximum Gasteiger partial charge on any atom is 0.269 e. The summed E-state index contributed by atoms with van der Waals surface area (Å²) in [5.41, 5.74) is 2.96. The van der Waals surface area contributed by atoms with Crippen LogP contribution in [-0.2, 0) is 7.05 Å². The highest BCUT2D eigenvalue weighted by Crippen LogP contribution is 2.36. The molecule has 2 aromatic carbocycles. The number of aryl methyl sites for hydroxylation is 2. The first-order valence-electron chi connectivity index (χ1n) is 8.19. The molecule has 3 aromatic rings. The number of rotatable bonds is 5. The molecule has 1 amide bonds. The summed E-state index contributed by atoms with van der Waals surface area (Å²) in [7, 11) is 1.90. The van der Waals surface area contributed by atoms with E-state index in [1.807, 2.05) is 49.8 Å². The van der Waals surface area contributed by atoms with Crippen LogP contribution < -0.4 is 5.32 Å². The van der Waals surface area contributed by atoms with Gasteiger partial charge in [0.2, 0.25) is 0 Å². The number of nitro groups is 1. The van der Waals surface area contributed by atoms with Crippen molar-refractivity contribution in [3.8, 4) is 0 Å². The fraction of sp³-hybridized carbons (Fsp3) is 0.158. The van der Waals surface area contributed by atoms with Crippen LogP contribution in [0.2, 0.25) is 0 Å². The van der Waals surface area contributed by atoms with Gasteiger partial charge in [-0.2, -0.15) is 5.10 Å². The van der Waals surface area contributed by atoms with Crippen molar-refractivity contribution in [2.45, 2.75) is 23.6 Å². The predicted octanol–water partition coefficient (Wildman–Crippen LogP) is 4.35. The smallest absolute Gasteiger partial charge is 0.269 e. The zero-order valence-electron chi connectivity index (χ0n) is 15.1. The van der Waals surface area contributed by atoms with Gasteiger partial charge in [-0.1, -0.05) is 23.9 Å². The van der Waals surface area contributed by atoms with Crippen LogP contribution in [0.25, 0.3) is 0 Å². The number of nitrogens with one attached hydrogen (secondary N) is 1. The second kappa shape index (κ2) is 7.63. The van der Waals surface area contributed by atoms with Gasteiger partial charge in [-0.25, -0.2) is 0 Å². The summed E-state index contributed by atoms with van der Waals surface area (Å²) in [6.07, 6.45) is 0. The van der Waals surface area contributed by atoms with Gasteiger partial charge in [-0.05, 0) is 38.1 Å². The molecule has 0 aliphatic rings. The van der Waals surface area contributed by atoms with Crippen LogP contribution in [0.15, 0.2) is 58.3 Å². The average Bonchev–Trinajstić information content (AvgIpc) is 2.89. The molecule has 1 heterocycles. The van der Waals surface area contributed by atoms with Crippen molar-refractivity contribution in [2.24, 2.45) is 7.05 Å². The van der Waals surface area contributed by atoms with Gasteiger partial charge in [-0.15, -0.1) is 0 Å². The Morgan fingerprint density at radius 2 is 1.81 bits per heavy atom. The molecule has 0 bridgehead atoms. The summed E-state index contributed by atoms with van der Waals surface area (Å²) in [6.45, 7) is 3.95. The van der Waals surface area contributed by atoms with E-state index in [9.17, 15) is 14.9 Å². The van der Waals surface area contributed by atoms with Gasteiger partial charge >= 0.3 is 0 Å². The van der Waals surface area contributed by atoms with E-state index in [0.717, 1.165) is 21.2 Å². The number of hydrogen-bond acceptors (Lipinski definition) is 5. The molecule has 0 fully saturated rings. The van der Waals surface area contributed by atoms with E-state index in [2.05, 4.69) is 10.4 Å². The largest absolute Gasteiger partial charge is 0.321 e. The number of carbonyl (C=O) groups is 1. The zero-order valence-corrected chi connectivity index (χ0v) is 15.9. The van der Waals surface area contributed by atoms with E-state index in [1.54, 1.807) is 11.8 Å². The average molecular weight is 382 g/mol. The lowest BCUT2D eigenvalue weighted by Crippen LogP contribution is -2.12. The summed E-state index contributed by atoms with van der Waals surface area (Å²) in [6, 6.07) is 13.0. The van der Waals surface area contributed by atoms with E-state index in [4.69, 9.17) is 0 Å². The van der Waals surface area contributed by atoms with Crippen molar-refractivity contribution in [1.82, 2.24) is 9.78 Å². The van der Waals surface area contributed by atoms with Gasteiger partial charge in [-0.3, -0.25) is 19.6 Å².